The summed E-state index contributed by atoms with van der Waals surface area (Å²) in [4.78, 5) is 4.50. The van der Waals surface area contributed by atoms with E-state index in [9.17, 15) is 0 Å². The van der Waals surface area contributed by atoms with Crippen molar-refractivity contribution in [2.75, 3.05) is 0 Å². The lowest BCUT2D eigenvalue weighted by Crippen LogP contribution is -2.09. The second-order valence-electron chi connectivity index (χ2n) is 4.45. The molecule has 0 unspecified atom stereocenters. The quantitative estimate of drug-likeness (QED) is 0.552. The van der Waals surface area contributed by atoms with Crippen LogP contribution >= 0.6 is 22.6 Å². The van der Waals surface area contributed by atoms with Crippen molar-refractivity contribution in [1.29, 1.82) is 0 Å². The molecule has 0 amide bonds. The third kappa shape index (κ3) is 3.78. The molecule has 0 fully saturated rings. The molecule has 0 saturated carbocycles. The van der Waals surface area contributed by atoms with Crippen molar-refractivity contribution in [2.24, 2.45) is 4.99 Å². The lowest BCUT2D eigenvalue weighted by atomic mass is 10.1. The topological polar surface area (TPSA) is 12.4 Å². The van der Waals surface area contributed by atoms with Crippen molar-refractivity contribution in [3.8, 4) is 0 Å². The molecule has 14 heavy (non-hydrogen) atoms. The summed E-state index contributed by atoms with van der Waals surface area (Å²) >= 11 is 2.34. The van der Waals surface area contributed by atoms with Gasteiger partial charge in [-0.2, -0.15) is 0 Å². The minimum atomic E-state index is 0.00677. The Morgan fingerprint density at radius 3 is 2.50 bits per heavy atom. The van der Waals surface area contributed by atoms with Gasteiger partial charge in [-0.1, -0.05) is 11.6 Å². The summed E-state index contributed by atoms with van der Waals surface area (Å²) in [5.74, 6) is 0. The smallest absolute Gasteiger partial charge is 0.0524 e. The molecule has 0 spiro atoms. The summed E-state index contributed by atoms with van der Waals surface area (Å²) in [7, 11) is 0. The van der Waals surface area contributed by atoms with Crippen LogP contribution in [0.15, 0.2) is 23.2 Å². The van der Waals surface area contributed by atoms with Crippen LogP contribution in [0.5, 0.6) is 0 Å². The highest BCUT2D eigenvalue weighted by Crippen LogP contribution is 2.14. The van der Waals surface area contributed by atoms with E-state index in [1.807, 2.05) is 6.21 Å². The monoisotopic (exact) mass is 301 g/mol. The Kier molecular flexibility index (Phi) is 3.70. The van der Waals surface area contributed by atoms with Crippen LogP contribution in [-0.2, 0) is 0 Å². The lowest BCUT2D eigenvalue weighted by Gasteiger charge is -2.11. The minimum Gasteiger partial charge on any atom is -0.287 e. The van der Waals surface area contributed by atoms with Crippen LogP contribution in [0.2, 0.25) is 0 Å². The van der Waals surface area contributed by atoms with Gasteiger partial charge in [-0.3, -0.25) is 4.99 Å². The highest BCUT2D eigenvalue weighted by Gasteiger charge is 2.05. The highest BCUT2D eigenvalue weighted by atomic mass is 127. The second kappa shape index (κ2) is 4.43. The standard InChI is InChI=1S/C12H16IN/c1-9-5-6-11(13)10(7-9)8-14-12(2,3)4/h5-8H,1-4H3. The summed E-state index contributed by atoms with van der Waals surface area (Å²) in [6, 6.07) is 6.41. The SMILES string of the molecule is Cc1ccc(I)c(C=NC(C)(C)C)c1. The van der Waals surface area contributed by atoms with Crippen molar-refractivity contribution in [1.82, 2.24) is 0 Å². The molecule has 0 atom stereocenters. The first-order valence-corrected chi connectivity index (χ1v) is 5.78. The third-order valence-corrected chi connectivity index (χ3v) is 2.72. The van der Waals surface area contributed by atoms with Gasteiger partial charge in [-0.25, -0.2) is 0 Å². The Morgan fingerprint density at radius 1 is 1.29 bits per heavy atom. The van der Waals surface area contributed by atoms with Gasteiger partial charge in [-0.05, 0) is 62.4 Å². The maximum atomic E-state index is 4.50. The van der Waals surface area contributed by atoms with Gasteiger partial charge >= 0.3 is 0 Å². The lowest BCUT2D eigenvalue weighted by molar-refractivity contribution is 0.586. The Labute approximate surface area is 99.8 Å². The molecular formula is C12H16IN. The van der Waals surface area contributed by atoms with Crippen LogP contribution in [0.1, 0.15) is 31.9 Å². The van der Waals surface area contributed by atoms with E-state index < -0.39 is 0 Å². The fraction of sp³-hybridized carbons (Fsp3) is 0.417. The largest absolute Gasteiger partial charge is 0.287 e. The van der Waals surface area contributed by atoms with Crippen molar-refractivity contribution in [2.45, 2.75) is 33.2 Å². The predicted molar refractivity (Wildman–Crippen MR) is 71.2 cm³/mol. The molecule has 0 bridgehead atoms. The fourth-order valence-electron chi connectivity index (χ4n) is 1.03. The van der Waals surface area contributed by atoms with Gasteiger partial charge in [0.1, 0.15) is 0 Å². The summed E-state index contributed by atoms with van der Waals surface area (Å²) in [6.07, 6.45) is 1.97. The molecule has 0 aliphatic carbocycles. The van der Waals surface area contributed by atoms with Gasteiger partial charge in [-0.15, -0.1) is 0 Å². The number of rotatable bonds is 1. The van der Waals surface area contributed by atoms with E-state index in [2.05, 4.69) is 73.5 Å². The Hall–Kier alpha value is -0.380. The highest BCUT2D eigenvalue weighted by molar-refractivity contribution is 14.1. The van der Waals surface area contributed by atoms with Crippen molar-refractivity contribution < 1.29 is 0 Å². The molecule has 0 aliphatic rings. The number of aliphatic imine (C=N–C) groups is 1. The van der Waals surface area contributed by atoms with Gasteiger partial charge in [0.2, 0.25) is 0 Å². The van der Waals surface area contributed by atoms with E-state index in [0.29, 0.717) is 0 Å². The first-order chi connectivity index (χ1) is 6.38. The van der Waals surface area contributed by atoms with E-state index in [4.69, 9.17) is 0 Å². The number of halogens is 1. The van der Waals surface area contributed by atoms with Crippen molar-refractivity contribution in [3.05, 3.63) is 32.9 Å². The molecular weight excluding hydrogens is 285 g/mol. The van der Waals surface area contributed by atoms with Gasteiger partial charge in [0.25, 0.3) is 0 Å². The maximum Gasteiger partial charge on any atom is 0.0524 e. The summed E-state index contributed by atoms with van der Waals surface area (Å²) in [5.41, 5.74) is 2.49. The fourth-order valence-corrected chi connectivity index (χ4v) is 1.50. The van der Waals surface area contributed by atoms with Crippen LogP contribution in [0.3, 0.4) is 0 Å². The molecule has 0 radical (unpaired) electrons. The van der Waals surface area contributed by atoms with Crippen molar-refractivity contribution in [3.63, 3.8) is 0 Å². The van der Waals surface area contributed by atoms with Crippen LogP contribution < -0.4 is 0 Å². The number of hydrogen-bond acceptors (Lipinski definition) is 1. The van der Waals surface area contributed by atoms with Crippen LogP contribution in [0, 0.1) is 10.5 Å². The van der Waals surface area contributed by atoms with E-state index in [0.717, 1.165) is 0 Å². The van der Waals surface area contributed by atoms with Gasteiger partial charge in [0.05, 0.1) is 5.54 Å². The van der Waals surface area contributed by atoms with Crippen LogP contribution in [0.4, 0.5) is 0 Å². The van der Waals surface area contributed by atoms with E-state index in [1.54, 1.807) is 0 Å². The summed E-state index contributed by atoms with van der Waals surface area (Å²) < 4.78 is 1.25. The molecule has 0 aliphatic heterocycles. The number of hydrogen-bond donors (Lipinski definition) is 0. The molecule has 1 nitrogen and oxygen atoms in total. The molecule has 1 aromatic carbocycles. The molecule has 0 N–H and O–H groups in total. The molecule has 1 rings (SSSR count). The third-order valence-electron chi connectivity index (χ3n) is 1.74. The zero-order valence-electron chi connectivity index (χ0n) is 9.13. The first kappa shape index (κ1) is 11.7. The minimum absolute atomic E-state index is 0.00677. The number of aryl methyl sites for hydroxylation is 1. The molecule has 0 saturated heterocycles. The molecule has 76 valence electrons. The van der Waals surface area contributed by atoms with Crippen molar-refractivity contribution >= 4 is 28.8 Å². The Morgan fingerprint density at radius 2 is 1.93 bits per heavy atom. The number of nitrogens with zero attached hydrogens (tertiary/aromatic N) is 1. The summed E-state index contributed by atoms with van der Waals surface area (Å²) in [6.45, 7) is 8.41. The van der Waals surface area contributed by atoms with E-state index >= 15 is 0 Å². The number of benzene rings is 1. The Balaban J connectivity index is 2.97. The van der Waals surface area contributed by atoms with E-state index in [-0.39, 0.29) is 5.54 Å². The molecule has 0 heterocycles. The van der Waals surface area contributed by atoms with Gasteiger partial charge in [0.15, 0.2) is 0 Å². The zero-order chi connectivity index (χ0) is 10.8. The van der Waals surface area contributed by atoms with Crippen LogP contribution in [-0.4, -0.2) is 11.8 Å². The molecule has 1 aromatic rings. The zero-order valence-corrected chi connectivity index (χ0v) is 11.3. The maximum absolute atomic E-state index is 4.50. The van der Waals surface area contributed by atoms with Crippen LogP contribution in [0.25, 0.3) is 0 Å². The van der Waals surface area contributed by atoms with Gasteiger partial charge in [0, 0.05) is 15.3 Å². The Bertz CT molecular complexity index is 348. The first-order valence-electron chi connectivity index (χ1n) is 4.70. The molecule has 0 aromatic heterocycles. The summed E-state index contributed by atoms with van der Waals surface area (Å²) in [5, 5.41) is 0. The average Bonchev–Trinajstić information content (AvgIpc) is 2.05. The second-order valence-corrected chi connectivity index (χ2v) is 5.62. The average molecular weight is 301 g/mol. The molecule has 2 heteroatoms. The predicted octanol–water partition coefficient (Wildman–Crippen LogP) is 3.82. The van der Waals surface area contributed by atoms with E-state index in [1.165, 1.54) is 14.7 Å². The van der Waals surface area contributed by atoms with Gasteiger partial charge < -0.3 is 0 Å². The normalized spacial score (nSPS) is 12.4.